The van der Waals surface area contributed by atoms with Gasteiger partial charge in [0.25, 0.3) is 0 Å². The van der Waals surface area contributed by atoms with Gasteiger partial charge < -0.3 is 10.2 Å². The van der Waals surface area contributed by atoms with E-state index in [0.717, 1.165) is 4.90 Å². The first-order valence-electron chi connectivity index (χ1n) is 4.63. The third-order valence-electron chi connectivity index (χ3n) is 1.86. The second-order valence-electron chi connectivity index (χ2n) is 3.06. The number of aromatic nitrogens is 1. The smallest absolute Gasteiger partial charge is 0.354 e. The van der Waals surface area contributed by atoms with Crippen molar-refractivity contribution in [2.45, 2.75) is 24.3 Å². The molecule has 0 bridgehead atoms. The van der Waals surface area contributed by atoms with E-state index in [4.69, 9.17) is 5.11 Å². The lowest BCUT2D eigenvalue weighted by Crippen LogP contribution is -2.07. The number of thioether (sulfide) groups is 1. The SMILES string of the molecule is CCC(O)CSc1ccnc(C(=O)O)c1. The molecule has 0 radical (unpaired) electrons. The highest BCUT2D eigenvalue weighted by molar-refractivity contribution is 7.99. The highest BCUT2D eigenvalue weighted by Crippen LogP contribution is 2.19. The van der Waals surface area contributed by atoms with Gasteiger partial charge in [-0.3, -0.25) is 0 Å². The lowest BCUT2D eigenvalue weighted by molar-refractivity contribution is 0.0690. The lowest BCUT2D eigenvalue weighted by atomic mass is 10.3. The molecule has 0 saturated heterocycles. The second-order valence-corrected chi connectivity index (χ2v) is 4.15. The van der Waals surface area contributed by atoms with Crippen molar-refractivity contribution in [3.8, 4) is 0 Å². The molecular weight excluding hydrogens is 214 g/mol. The summed E-state index contributed by atoms with van der Waals surface area (Å²) in [7, 11) is 0. The lowest BCUT2D eigenvalue weighted by Gasteiger charge is -2.06. The van der Waals surface area contributed by atoms with E-state index in [1.807, 2.05) is 6.92 Å². The van der Waals surface area contributed by atoms with Crippen LogP contribution in [0.25, 0.3) is 0 Å². The summed E-state index contributed by atoms with van der Waals surface area (Å²) in [5.74, 6) is -0.465. The summed E-state index contributed by atoms with van der Waals surface area (Å²) < 4.78 is 0. The number of carboxylic acids is 1. The molecule has 5 heteroatoms. The molecule has 0 aliphatic carbocycles. The van der Waals surface area contributed by atoms with Gasteiger partial charge in [-0.05, 0) is 18.6 Å². The molecule has 0 aliphatic heterocycles. The van der Waals surface area contributed by atoms with Gasteiger partial charge in [0.1, 0.15) is 5.69 Å². The number of carboxylic acid groups (broad SMARTS) is 1. The molecule has 82 valence electrons. The molecule has 1 atom stereocenters. The maximum Gasteiger partial charge on any atom is 0.354 e. The molecule has 2 N–H and O–H groups in total. The Hall–Kier alpha value is -1.07. The van der Waals surface area contributed by atoms with Crippen molar-refractivity contribution in [1.82, 2.24) is 4.98 Å². The van der Waals surface area contributed by atoms with E-state index in [0.29, 0.717) is 12.2 Å². The highest BCUT2D eigenvalue weighted by Gasteiger charge is 2.06. The van der Waals surface area contributed by atoms with Crippen molar-refractivity contribution >= 4 is 17.7 Å². The van der Waals surface area contributed by atoms with E-state index < -0.39 is 5.97 Å². The predicted octanol–water partition coefficient (Wildman–Crippen LogP) is 1.64. The highest BCUT2D eigenvalue weighted by atomic mass is 32.2. The number of pyridine rings is 1. The van der Waals surface area contributed by atoms with Crippen molar-refractivity contribution in [2.75, 3.05) is 5.75 Å². The minimum Gasteiger partial charge on any atom is -0.477 e. The van der Waals surface area contributed by atoms with Gasteiger partial charge in [0.05, 0.1) is 6.10 Å². The predicted molar refractivity (Wildman–Crippen MR) is 58.2 cm³/mol. The van der Waals surface area contributed by atoms with Crippen LogP contribution < -0.4 is 0 Å². The van der Waals surface area contributed by atoms with Crippen LogP contribution in [0.3, 0.4) is 0 Å². The molecule has 0 spiro atoms. The van der Waals surface area contributed by atoms with E-state index in [-0.39, 0.29) is 11.8 Å². The number of aliphatic hydroxyl groups excluding tert-OH is 1. The van der Waals surface area contributed by atoms with Crippen LogP contribution in [0.1, 0.15) is 23.8 Å². The molecule has 0 aliphatic rings. The number of nitrogens with zero attached hydrogens (tertiary/aromatic N) is 1. The van der Waals surface area contributed by atoms with Crippen molar-refractivity contribution in [2.24, 2.45) is 0 Å². The molecule has 0 fully saturated rings. The van der Waals surface area contributed by atoms with Gasteiger partial charge in [-0.2, -0.15) is 0 Å². The van der Waals surface area contributed by atoms with E-state index in [9.17, 15) is 9.90 Å². The molecule has 15 heavy (non-hydrogen) atoms. The monoisotopic (exact) mass is 227 g/mol. The van der Waals surface area contributed by atoms with Gasteiger partial charge in [-0.25, -0.2) is 9.78 Å². The average Bonchev–Trinajstić information content (AvgIpc) is 2.26. The number of rotatable bonds is 5. The summed E-state index contributed by atoms with van der Waals surface area (Å²) in [5.41, 5.74) is 0.0333. The van der Waals surface area contributed by atoms with Crippen LogP contribution in [0.15, 0.2) is 23.2 Å². The molecule has 4 nitrogen and oxygen atoms in total. The summed E-state index contributed by atoms with van der Waals surface area (Å²) in [6, 6.07) is 3.24. The van der Waals surface area contributed by atoms with Crippen molar-refractivity contribution < 1.29 is 15.0 Å². The molecule has 1 unspecified atom stereocenters. The van der Waals surface area contributed by atoms with E-state index in [2.05, 4.69) is 4.98 Å². The van der Waals surface area contributed by atoms with Crippen LogP contribution in [0.5, 0.6) is 0 Å². The molecule has 0 amide bonds. The Labute approximate surface area is 92.3 Å². The van der Waals surface area contributed by atoms with Crippen molar-refractivity contribution in [3.63, 3.8) is 0 Å². The number of hydrogen-bond acceptors (Lipinski definition) is 4. The minimum absolute atomic E-state index is 0.0333. The molecule has 0 aromatic carbocycles. The summed E-state index contributed by atoms with van der Waals surface area (Å²) in [6.07, 6.45) is 1.81. The second kappa shape index (κ2) is 5.72. The summed E-state index contributed by atoms with van der Waals surface area (Å²) in [4.78, 5) is 15.2. The van der Waals surface area contributed by atoms with E-state index in [1.165, 1.54) is 24.0 Å². The fraction of sp³-hybridized carbons (Fsp3) is 0.400. The Balaban J connectivity index is 2.62. The zero-order chi connectivity index (χ0) is 11.3. The standard InChI is InChI=1S/C10H13NO3S/c1-2-7(12)6-15-8-3-4-11-9(5-8)10(13)14/h3-5,7,12H,2,6H2,1H3,(H,13,14). The summed E-state index contributed by atoms with van der Waals surface area (Å²) >= 11 is 1.43. The summed E-state index contributed by atoms with van der Waals surface area (Å²) in [6.45, 7) is 1.90. The normalized spacial score (nSPS) is 12.4. The van der Waals surface area contributed by atoms with Crippen LogP contribution in [-0.2, 0) is 0 Å². The van der Waals surface area contributed by atoms with Crippen molar-refractivity contribution in [3.05, 3.63) is 24.0 Å². The van der Waals surface area contributed by atoms with Crippen LogP contribution in [-0.4, -0.2) is 33.0 Å². The Morgan fingerprint density at radius 3 is 3.00 bits per heavy atom. The fourth-order valence-electron chi connectivity index (χ4n) is 0.928. The van der Waals surface area contributed by atoms with Gasteiger partial charge in [0, 0.05) is 16.8 Å². The number of aliphatic hydroxyl groups is 1. The molecule has 1 heterocycles. The summed E-state index contributed by atoms with van der Waals surface area (Å²) in [5, 5.41) is 18.1. The van der Waals surface area contributed by atoms with Crippen molar-refractivity contribution in [1.29, 1.82) is 0 Å². The Morgan fingerprint density at radius 1 is 1.67 bits per heavy atom. The average molecular weight is 227 g/mol. The van der Waals surface area contributed by atoms with Gasteiger partial charge >= 0.3 is 5.97 Å². The first-order valence-corrected chi connectivity index (χ1v) is 5.62. The molecule has 1 aromatic rings. The molecule has 1 rings (SSSR count). The van der Waals surface area contributed by atoms with Crippen LogP contribution in [0.2, 0.25) is 0 Å². The topological polar surface area (TPSA) is 70.4 Å². The third kappa shape index (κ3) is 3.89. The third-order valence-corrected chi connectivity index (χ3v) is 3.00. The van der Waals surface area contributed by atoms with Crippen LogP contribution in [0, 0.1) is 0 Å². The van der Waals surface area contributed by atoms with E-state index >= 15 is 0 Å². The maximum absolute atomic E-state index is 10.6. The number of aromatic carboxylic acids is 1. The first-order chi connectivity index (χ1) is 7.13. The number of hydrogen-bond donors (Lipinski definition) is 2. The van der Waals surface area contributed by atoms with E-state index in [1.54, 1.807) is 6.07 Å². The maximum atomic E-state index is 10.6. The Kier molecular flexibility index (Phi) is 4.58. The molecule has 1 aromatic heterocycles. The van der Waals surface area contributed by atoms with Gasteiger partial charge in [-0.15, -0.1) is 11.8 Å². The zero-order valence-corrected chi connectivity index (χ0v) is 9.20. The quantitative estimate of drug-likeness (QED) is 0.748. The zero-order valence-electron chi connectivity index (χ0n) is 8.38. The van der Waals surface area contributed by atoms with Gasteiger partial charge in [0.2, 0.25) is 0 Å². The largest absolute Gasteiger partial charge is 0.477 e. The minimum atomic E-state index is -1.03. The van der Waals surface area contributed by atoms with Crippen LogP contribution >= 0.6 is 11.8 Å². The molecule has 0 saturated carbocycles. The molecular formula is C10H13NO3S. The van der Waals surface area contributed by atoms with Gasteiger partial charge in [0.15, 0.2) is 0 Å². The van der Waals surface area contributed by atoms with Crippen LogP contribution in [0.4, 0.5) is 0 Å². The number of carbonyl (C=O) groups is 1. The Bertz CT molecular complexity index is 343. The Morgan fingerprint density at radius 2 is 2.40 bits per heavy atom. The fourth-order valence-corrected chi connectivity index (χ4v) is 1.90. The van der Waals surface area contributed by atoms with Gasteiger partial charge in [-0.1, -0.05) is 6.92 Å². The first kappa shape index (κ1) is 12.0.